The SMILES string of the molecule is CC(N=Cc1nc2c(-c3ccccc3)ccc(-c3ccccc3)c2n1C)c1ccccc1. The van der Waals surface area contributed by atoms with E-state index >= 15 is 0 Å². The second-order valence-electron chi connectivity index (χ2n) is 7.98. The molecular formula is C29H25N3. The molecular weight excluding hydrogens is 390 g/mol. The minimum absolute atomic E-state index is 0.0678. The van der Waals surface area contributed by atoms with E-state index in [0.717, 1.165) is 28.0 Å². The average molecular weight is 416 g/mol. The van der Waals surface area contributed by atoms with E-state index in [-0.39, 0.29) is 6.04 Å². The van der Waals surface area contributed by atoms with Gasteiger partial charge in [-0.05, 0) is 23.6 Å². The molecule has 3 heteroatoms. The van der Waals surface area contributed by atoms with Crippen molar-refractivity contribution < 1.29 is 0 Å². The molecule has 1 unspecified atom stereocenters. The second kappa shape index (κ2) is 8.64. The molecule has 156 valence electrons. The minimum atomic E-state index is 0.0678. The summed E-state index contributed by atoms with van der Waals surface area (Å²) in [6, 6.07) is 35.7. The van der Waals surface area contributed by atoms with Crippen LogP contribution in [0.1, 0.15) is 24.4 Å². The predicted molar refractivity (Wildman–Crippen MR) is 134 cm³/mol. The van der Waals surface area contributed by atoms with Crippen LogP contribution in [-0.2, 0) is 7.05 Å². The van der Waals surface area contributed by atoms with E-state index in [4.69, 9.17) is 9.98 Å². The molecule has 0 saturated heterocycles. The number of rotatable bonds is 5. The summed E-state index contributed by atoms with van der Waals surface area (Å²) in [5.41, 5.74) is 7.95. The Balaban J connectivity index is 1.67. The molecule has 3 nitrogen and oxygen atoms in total. The van der Waals surface area contributed by atoms with E-state index in [0.29, 0.717) is 0 Å². The first kappa shape index (κ1) is 20.0. The van der Waals surface area contributed by atoms with Crippen molar-refractivity contribution in [3.05, 3.63) is 115 Å². The van der Waals surface area contributed by atoms with Gasteiger partial charge in [0.05, 0.1) is 23.3 Å². The van der Waals surface area contributed by atoms with Gasteiger partial charge >= 0.3 is 0 Å². The third-order valence-electron chi connectivity index (χ3n) is 5.92. The molecule has 0 N–H and O–H groups in total. The molecule has 0 radical (unpaired) electrons. The van der Waals surface area contributed by atoms with Gasteiger partial charge in [0.15, 0.2) is 5.82 Å². The third kappa shape index (κ3) is 3.74. The summed E-state index contributed by atoms with van der Waals surface area (Å²) < 4.78 is 2.16. The number of benzene rings is 4. The Morgan fingerprint density at radius 1 is 0.719 bits per heavy atom. The fourth-order valence-electron chi connectivity index (χ4n) is 4.15. The number of fused-ring (bicyclic) bond motifs is 1. The van der Waals surface area contributed by atoms with Gasteiger partial charge in [-0.25, -0.2) is 4.98 Å². The highest BCUT2D eigenvalue weighted by molar-refractivity contribution is 6.03. The van der Waals surface area contributed by atoms with E-state index < -0.39 is 0 Å². The smallest absolute Gasteiger partial charge is 0.151 e. The molecule has 1 atom stereocenters. The van der Waals surface area contributed by atoms with Crippen LogP contribution >= 0.6 is 0 Å². The molecule has 5 aromatic rings. The molecule has 5 rings (SSSR count). The van der Waals surface area contributed by atoms with Crippen molar-refractivity contribution in [3.8, 4) is 22.3 Å². The summed E-state index contributed by atoms with van der Waals surface area (Å²) in [5.74, 6) is 0.850. The number of aromatic nitrogens is 2. The largest absolute Gasteiger partial charge is 0.326 e. The van der Waals surface area contributed by atoms with Crippen molar-refractivity contribution in [1.29, 1.82) is 0 Å². The molecule has 0 bridgehead atoms. The average Bonchev–Trinajstić information content (AvgIpc) is 3.20. The first-order valence-corrected chi connectivity index (χ1v) is 10.9. The molecule has 0 spiro atoms. The molecule has 1 aromatic heterocycles. The molecule has 0 saturated carbocycles. The van der Waals surface area contributed by atoms with E-state index in [1.165, 1.54) is 16.7 Å². The van der Waals surface area contributed by atoms with Gasteiger partial charge in [0.25, 0.3) is 0 Å². The van der Waals surface area contributed by atoms with Crippen LogP contribution < -0.4 is 0 Å². The molecule has 1 heterocycles. The van der Waals surface area contributed by atoms with Crippen LogP contribution in [0.25, 0.3) is 33.3 Å². The van der Waals surface area contributed by atoms with Crippen molar-refractivity contribution in [1.82, 2.24) is 9.55 Å². The number of aryl methyl sites for hydroxylation is 1. The van der Waals surface area contributed by atoms with Gasteiger partial charge in [-0.15, -0.1) is 0 Å². The van der Waals surface area contributed by atoms with E-state index in [2.05, 4.69) is 103 Å². The van der Waals surface area contributed by atoms with Gasteiger partial charge in [0, 0.05) is 18.2 Å². The van der Waals surface area contributed by atoms with Crippen LogP contribution in [0, 0.1) is 0 Å². The van der Waals surface area contributed by atoms with E-state index in [1.54, 1.807) is 0 Å². The predicted octanol–water partition coefficient (Wildman–Crippen LogP) is 7.09. The zero-order valence-electron chi connectivity index (χ0n) is 18.3. The molecule has 0 fully saturated rings. The lowest BCUT2D eigenvalue weighted by atomic mass is 9.98. The molecule has 0 aliphatic carbocycles. The Kier molecular flexibility index (Phi) is 5.39. The zero-order chi connectivity index (χ0) is 21.9. The third-order valence-corrected chi connectivity index (χ3v) is 5.92. The van der Waals surface area contributed by atoms with Gasteiger partial charge in [-0.2, -0.15) is 0 Å². The highest BCUT2D eigenvalue weighted by atomic mass is 15.1. The standard InChI is InChI=1S/C29H25N3/c1-21(22-12-6-3-7-13-22)30-20-27-31-28-25(23-14-8-4-9-15-23)18-19-26(29(28)32(27)2)24-16-10-5-11-17-24/h3-21H,1-2H3. The molecule has 0 amide bonds. The highest BCUT2D eigenvalue weighted by Gasteiger charge is 2.16. The first-order valence-electron chi connectivity index (χ1n) is 10.9. The number of aliphatic imine (C=N–C) groups is 1. The molecule has 0 aliphatic heterocycles. The lowest BCUT2D eigenvalue weighted by Crippen LogP contribution is -1.99. The Bertz CT molecular complexity index is 1370. The maximum Gasteiger partial charge on any atom is 0.151 e. The van der Waals surface area contributed by atoms with E-state index in [9.17, 15) is 0 Å². The number of hydrogen-bond donors (Lipinski definition) is 0. The monoisotopic (exact) mass is 415 g/mol. The lowest BCUT2D eigenvalue weighted by Gasteiger charge is -2.10. The van der Waals surface area contributed by atoms with Crippen molar-refractivity contribution in [2.45, 2.75) is 13.0 Å². The molecule has 0 aliphatic rings. The summed E-state index contributed by atoms with van der Waals surface area (Å²) in [6.07, 6.45) is 1.90. The topological polar surface area (TPSA) is 30.2 Å². The Hall–Kier alpha value is -3.98. The van der Waals surface area contributed by atoms with Crippen molar-refractivity contribution in [3.63, 3.8) is 0 Å². The van der Waals surface area contributed by atoms with Gasteiger partial charge in [0.2, 0.25) is 0 Å². The van der Waals surface area contributed by atoms with Crippen LogP contribution in [0.4, 0.5) is 0 Å². The highest BCUT2D eigenvalue weighted by Crippen LogP contribution is 2.35. The van der Waals surface area contributed by atoms with Crippen LogP contribution in [0.15, 0.2) is 108 Å². The van der Waals surface area contributed by atoms with E-state index in [1.807, 2.05) is 24.4 Å². The Morgan fingerprint density at radius 3 is 1.88 bits per heavy atom. The quantitative estimate of drug-likeness (QED) is 0.282. The maximum absolute atomic E-state index is 5.05. The normalized spacial score (nSPS) is 12.4. The molecule has 32 heavy (non-hydrogen) atoms. The minimum Gasteiger partial charge on any atom is -0.326 e. The van der Waals surface area contributed by atoms with Crippen molar-refractivity contribution in [2.75, 3.05) is 0 Å². The van der Waals surface area contributed by atoms with Crippen LogP contribution in [0.2, 0.25) is 0 Å². The maximum atomic E-state index is 5.05. The summed E-state index contributed by atoms with van der Waals surface area (Å²) in [4.78, 5) is 9.87. The first-order chi connectivity index (χ1) is 15.7. The Labute approximate surface area is 188 Å². The van der Waals surface area contributed by atoms with Gasteiger partial charge in [0.1, 0.15) is 0 Å². The Morgan fingerprint density at radius 2 is 1.25 bits per heavy atom. The lowest BCUT2D eigenvalue weighted by molar-refractivity contribution is 0.820. The number of imidazole rings is 1. The van der Waals surface area contributed by atoms with Gasteiger partial charge in [-0.1, -0.05) is 103 Å². The second-order valence-corrected chi connectivity index (χ2v) is 7.98. The molecule has 4 aromatic carbocycles. The van der Waals surface area contributed by atoms with Gasteiger partial charge in [-0.3, -0.25) is 4.99 Å². The summed E-state index contributed by atoms with van der Waals surface area (Å²) >= 11 is 0. The number of hydrogen-bond acceptors (Lipinski definition) is 2. The van der Waals surface area contributed by atoms with Crippen molar-refractivity contribution >= 4 is 17.2 Å². The van der Waals surface area contributed by atoms with Crippen molar-refractivity contribution in [2.24, 2.45) is 12.0 Å². The van der Waals surface area contributed by atoms with Crippen LogP contribution in [0.3, 0.4) is 0 Å². The fourth-order valence-corrected chi connectivity index (χ4v) is 4.15. The summed E-state index contributed by atoms with van der Waals surface area (Å²) in [5, 5.41) is 0. The van der Waals surface area contributed by atoms with Gasteiger partial charge < -0.3 is 4.57 Å². The van der Waals surface area contributed by atoms with Crippen LogP contribution in [-0.4, -0.2) is 15.8 Å². The fraction of sp³-hybridized carbons (Fsp3) is 0.103. The number of nitrogens with zero attached hydrogens (tertiary/aromatic N) is 3. The summed E-state index contributed by atoms with van der Waals surface area (Å²) in [6.45, 7) is 2.11. The van der Waals surface area contributed by atoms with Crippen LogP contribution in [0.5, 0.6) is 0 Å². The summed E-state index contributed by atoms with van der Waals surface area (Å²) in [7, 11) is 2.07. The zero-order valence-corrected chi connectivity index (χ0v) is 18.3.